The van der Waals surface area contributed by atoms with Gasteiger partial charge in [0.05, 0.1) is 16.7 Å². The average molecular weight is 268 g/mol. The lowest BCUT2D eigenvalue weighted by Gasteiger charge is -2.30. The molecule has 0 aliphatic heterocycles. The molecule has 3 nitrogen and oxygen atoms in total. The van der Waals surface area contributed by atoms with Crippen LogP contribution in [0.2, 0.25) is 0 Å². The van der Waals surface area contributed by atoms with Crippen LogP contribution in [0.3, 0.4) is 0 Å². The molecule has 1 unspecified atom stereocenters. The Kier molecular flexibility index (Phi) is 5.13. The number of nitrogens with zero attached hydrogens (tertiary/aromatic N) is 2. The summed E-state index contributed by atoms with van der Waals surface area (Å²) in [5.41, 5.74) is 1.02. The molecule has 1 fully saturated rings. The zero-order chi connectivity index (χ0) is 13.0. The third kappa shape index (κ3) is 3.09. The fourth-order valence-electron chi connectivity index (χ4n) is 2.98. The van der Waals surface area contributed by atoms with Crippen molar-refractivity contribution >= 4 is 11.5 Å². The van der Waals surface area contributed by atoms with E-state index in [1.54, 1.807) is 0 Å². The molecule has 0 aromatic carbocycles. The maximum Gasteiger partial charge on any atom is 0.0945 e. The Morgan fingerprint density at radius 1 is 1.28 bits per heavy atom. The van der Waals surface area contributed by atoms with Crippen LogP contribution in [0.4, 0.5) is 0 Å². The van der Waals surface area contributed by atoms with Crippen molar-refractivity contribution in [3.05, 3.63) is 10.6 Å². The Labute approximate surface area is 114 Å². The van der Waals surface area contributed by atoms with E-state index in [4.69, 9.17) is 0 Å². The van der Waals surface area contributed by atoms with Crippen molar-refractivity contribution in [3.63, 3.8) is 0 Å². The number of rotatable bonds is 5. The summed E-state index contributed by atoms with van der Waals surface area (Å²) in [6, 6.07) is 0. The van der Waals surface area contributed by atoms with Crippen LogP contribution in [0, 0.1) is 11.8 Å². The Morgan fingerprint density at radius 3 is 2.61 bits per heavy atom. The summed E-state index contributed by atoms with van der Waals surface area (Å²) in [7, 11) is 0. The van der Waals surface area contributed by atoms with E-state index < -0.39 is 0 Å². The van der Waals surface area contributed by atoms with Crippen LogP contribution in [-0.2, 0) is 6.42 Å². The van der Waals surface area contributed by atoms with Crippen molar-refractivity contribution in [1.29, 1.82) is 0 Å². The Bertz CT molecular complexity index is 358. The average Bonchev–Trinajstić information content (AvgIpc) is 2.87. The normalized spacial score (nSPS) is 26.2. The monoisotopic (exact) mass is 268 g/mol. The Hall–Kier alpha value is -0.480. The van der Waals surface area contributed by atoms with Crippen molar-refractivity contribution < 1.29 is 5.11 Å². The highest BCUT2D eigenvalue weighted by atomic mass is 32.1. The lowest BCUT2D eigenvalue weighted by Crippen LogP contribution is -2.20. The van der Waals surface area contributed by atoms with E-state index >= 15 is 0 Å². The van der Waals surface area contributed by atoms with E-state index in [2.05, 4.69) is 23.4 Å². The number of aliphatic hydroxyl groups is 1. The van der Waals surface area contributed by atoms with Crippen molar-refractivity contribution in [2.45, 2.75) is 64.9 Å². The number of aromatic nitrogens is 2. The van der Waals surface area contributed by atoms with E-state index in [0.717, 1.165) is 42.2 Å². The minimum atomic E-state index is -0.329. The van der Waals surface area contributed by atoms with Gasteiger partial charge in [0.25, 0.3) is 0 Å². The van der Waals surface area contributed by atoms with Crippen molar-refractivity contribution in [2.24, 2.45) is 11.8 Å². The molecular weight excluding hydrogens is 244 g/mol. The molecule has 1 aliphatic rings. The highest BCUT2D eigenvalue weighted by Crippen LogP contribution is 2.39. The minimum absolute atomic E-state index is 0.329. The third-order valence-corrected chi connectivity index (χ3v) is 5.09. The number of aryl methyl sites for hydroxylation is 1. The van der Waals surface area contributed by atoms with Gasteiger partial charge in [-0.25, -0.2) is 0 Å². The molecule has 0 saturated heterocycles. The standard InChI is InChI=1S/C14H24N2OS/c1-3-5-12-14(18-16-15-12)13(17)11-8-6-10(4-2)7-9-11/h10-11,13,17H,3-9H2,1-2H3. The molecule has 1 aromatic rings. The molecule has 1 heterocycles. The zero-order valence-corrected chi connectivity index (χ0v) is 12.2. The van der Waals surface area contributed by atoms with E-state index in [0.29, 0.717) is 5.92 Å². The Balaban J connectivity index is 1.98. The molecule has 4 heteroatoms. The van der Waals surface area contributed by atoms with Gasteiger partial charge in [-0.2, -0.15) is 0 Å². The van der Waals surface area contributed by atoms with Crippen LogP contribution in [-0.4, -0.2) is 14.7 Å². The molecule has 0 bridgehead atoms. The van der Waals surface area contributed by atoms with Crippen molar-refractivity contribution in [3.8, 4) is 0 Å². The maximum atomic E-state index is 10.5. The second kappa shape index (κ2) is 6.62. The summed E-state index contributed by atoms with van der Waals surface area (Å²) in [5, 5.41) is 14.7. The van der Waals surface area contributed by atoms with E-state index in [1.807, 2.05) is 0 Å². The second-order valence-corrected chi connectivity index (χ2v) is 6.25. The summed E-state index contributed by atoms with van der Waals surface area (Å²) in [4.78, 5) is 1.02. The highest BCUT2D eigenvalue weighted by Gasteiger charge is 2.29. The van der Waals surface area contributed by atoms with Crippen LogP contribution in [0.15, 0.2) is 0 Å². The van der Waals surface area contributed by atoms with Gasteiger partial charge in [-0.05, 0) is 42.6 Å². The topological polar surface area (TPSA) is 46.0 Å². The first kappa shape index (κ1) is 13.9. The van der Waals surface area contributed by atoms with Gasteiger partial charge in [-0.15, -0.1) is 5.10 Å². The Morgan fingerprint density at radius 2 is 2.00 bits per heavy atom. The number of aliphatic hydroxyl groups excluding tert-OH is 1. The van der Waals surface area contributed by atoms with E-state index in [1.165, 1.54) is 30.8 Å². The number of hydrogen-bond donors (Lipinski definition) is 1. The van der Waals surface area contributed by atoms with Crippen LogP contribution in [0.5, 0.6) is 0 Å². The van der Waals surface area contributed by atoms with Gasteiger partial charge in [0.2, 0.25) is 0 Å². The molecule has 1 atom stereocenters. The summed E-state index contributed by atoms with van der Waals surface area (Å²) >= 11 is 1.39. The first-order valence-electron chi connectivity index (χ1n) is 7.25. The highest BCUT2D eigenvalue weighted by molar-refractivity contribution is 7.05. The van der Waals surface area contributed by atoms with Gasteiger partial charge >= 0.3 is 0 Å². The first-order chi connectivity index (χ1) is 8.76. The summed E-state index contributed by atoms with van der Waals surface area (Å²) in [6.07, 6.45) is 7.81. The first-order valence-corrected chi connectivity index (χ1v) is 8.02. The van der Waals surface area contributed by atoms with E-state index in [-0.39, 0.29) is 6.10 Å². The molecule has 102 valence electrons. The fourth-order valence-corrected chi connectivity index (χ4v) is 3.75. The molecule has 1 saturated carbocycles. The summed E-state index contributed by atoms with van der Waals surface area (Å²) in [6.45, 7) is 4.41. The third-order valence-electron chi connectivity index (χ3n) is 4.26. The van der Waals surface area contributed by atoms with Gasteiger partial charge < -0.3 is 5.11 Å². The van der Waals surface area contributed by atoms with Crippen LogP contribution in [0.1, 0.15) is 69.0 Å². The van der Waals surface area contributed by atoms with Gasteiger partial charge in [0.1, 0.15) is 0 Å². The SMILES string of the molecule is CCCc1nnsc1C(O)C1CCC(CC)CC1. The molecule has 18 heavy (non-hydrogen) atoms. The second-order valence-electron chi connectivity index (χ2n) is 5.47. The van der Waals surface area contributed by atoms with Gasteiger partial charge in [-0.1, -0.05) is 44.0 Å². The summed E-state index contributed by atoms with van der Waals surface area (Å²) in [5.74, 6) is 1.30. The molecule has 1 aromatic heterocycles. The molecule has 0 spiro atoms. The van der Waals surface area contributed by atoms with Crippen LogP contribution < -0.4 is 0 Å². The largest absolute Gasteiger partial charge is 0.387 e. The van der Waals surface area contributed by atoms with Crippen molar-refractivity contribution in [1.82, 2.24) is 9.59 Å². The number of hydrogen-bond acceptors (Lipinski definition) is 4. The lowest BCUT2D eigenvalue weighted by molar-refractivity contribution is 0.0749. The molecule has 1 aliphatic carbocycles. The van der Waals surface area contributed by atoms with E-state index in [9.17, 15) is 5.11 Å². The molecule has 1 N–H and O–H groups in total. The van der Waals surface area contributed by atoms with Crippen LogP contribution >= 0.6 is 11.5 Å². The fraction of sp³-hybridized carbons (Fsp3) is 0.857. The molecule has 0 amide bonds. The minimum Gasteiger partial charge on any atom is -0.387 e. The van der Waals surface area contributed by atoms with Crippen LogP contribution in [0.25, 0.3) is 0 Å². The summed E-state index contributed by atoms with van der Waals surface area (Å²) < 4.78 is 4.02. The molecule has 2 rings (SSSR count). The van der Waals surface area contributed by atoms with Crippen molar-refractivity contribution in [2.75, 3.05) is 0 Å². The predicted octanol–water partition coefficient (Wildman–Crippen LogP) is 3.74. The lowest BCUT2D eigenvalue weighted by atomic mass is 9.78. The smallest absolute Gasteiger partial charge is 0.0945 e. The molecule has 0 radical (unpaired) electrons. The predicted molar refractivity (Wildman–Crippen MR) is 74.6 cm³/mol. The van der Waals surface area contributed by atoms with Gasteiger partial charge in [0, 0.05) is 0 Å². The van der Waals surface area contributed by atoms with Gasteiger partial charge in [0.15, 0.2) is 0 Å². The zero-order valence-electron chi connectivity index (χ0n) is 11.4. The quantitative estimate of drug-likeness (QED) is 0.885. The maximum absolute atomic E-state index is 10.5. The van der Waals surface area contributed by atoms with Gasteiger partial charge in [-0.3, -0.25) is 0 Å². The molecular formula is C14H24N2OS.